The van der Waals surface area contributed by atoms with Crippen LogP contribution in [0.5, 0.6) is 0 Å². The van der Waals surface area contributed by atoms with Crippen molar-refractivity contribution in [2.45, 2.75) is 33.9 Å². The first-order valence-electron chi connectivity index (χ1n) is 8.40. The molecule has 0 aliphatic carbocycles. The molecule has 0 unspecified atom stereocenters. The highest BCUT2D eigenvalue weighted by molar-refractivity contribution is 7.92. The maximum absolute atomic E-state index is 12.9. The highest BCUT2D eigenvalue weighted by atomic mass is 32.2. The number of nitrogens with zero attached hydrogens (tertiary/aromatic N) is 2. The lowest BCUT2D eigenvalue weighted by atomic mass is 10.1. The van der Waals surface area contributed by atoms with Gasteiger partial charge in [-0.1, -0.05) is 43.3 Å². The molecule has 0 amide bonds. The number of nitro groups is 2. The summed E-state index contributed by atoms with van der Waals surface area (Å²) in [5.41, 5.74) is 0. The van der Waals surface area contributed by atoms with Gasteiger partial charge >= 0.3 is 10.7 Å². The molecule has 12 heteroatoms. The maximum Gasteiger partial charge on any atom is 0.325 e. The van der Waals surface area contributed by atoms with E-state index in [4.69, 9.17) is 0 Å². The quantitative estimate of drug-likeness (QED) is 0.423. The fourth-order valence-electron chi connectivity index (χ4n) is 3.04. The van der Waals surface area contributed by atoms with E-state index in [2.05, 4.69) is 0 Å². The van der Waals surface area contributed by atoms with Crippen LogP contribution in [-0.2, 0) is 19.7 Å². The first kappa shape index (κ1) is 22.4. The van der Waals surface area contributed by atoms with Crippen LogP contribution in [0.1, 0.15) is 13.3 Å². The molecule has 0 fully saturated rings. The molecule has 0 spiro atoms. The van der Waals surface area contributed by atoms with Crippen LogP contribution in [-0.4, -0.2) is 37.4 Å². The Morgan fingerprint density at radius 1 is 0.724 bits per heavy atom. The third kappa shape index (κ3) is 4.43. The molecule has 0 radical (unpaired) electrons. The monoisotopic (exact) mass is 442 g/mol. The van der Waals surface area contributed by atoms with Crippen molar-refractivity contribution in [3.63, 3.8) is 0 Å². The van der Waals surface area contributed by atoms with Crippen LogP contribution in [0.4, 0.5) is 0 Å². The van der Waals surface area contributed by atoms with E-state index in [1.54, 1.807) is 0 Å². The number of hydrogen-bond acceptors (Lipinski definition) is 8. The third-order valence-electron chi connectivity index (χ3n) is 4.40. The van der Waals surface area contributed by atoms with Gasteiger partial charge in [0.15, 0.2) is 0 Å². The van der Waals surface area contributed by atoms with Gasteiger partial charge in [-0.25, -0.2) is 16.8 Å². The fraction of sp³-hybridized carbons (Fsp3) is 0.294. The van der Waals surface area contributed by atoms with E-state index in [-0.39, 0.29) is 0 Å². The maximum atomic E-state index is 12.9. The fourth-order valence-corrected chi connectivity index (χ4v) is 6.83. The van der Waals surface area contributed by atoms with Crippen molar-refractivity contribution in [2.75, 3.05) is 0 Å². The van der Waals surface area contributed by atoms with Crippen LogP contribution in [0.3, 0.4) is 0 Å². The number of rotatable bonds is 9. The van der Waals surface area contributed by atoms with E-state index in [0.29, 0.717) is 0 Å². The molecule has 156 valence electrons. The molecule has 0 N–H and O–H groups in total. The normalized spacial score (nSPS) is 14.3. The predicted molar refractivity (Wildman–Crippen MR) is 103 cm³/mol. The van der Waals surface area contributed by atoms with Crippen LogP contribution in [0.15, 0.2) is 70.5 Å². The zero-order valence-corrected chi connectivity index (χ0v) is 16.8. The van der Waals surface area contributed by atoms with Crippen LogP contribution in [0.25, 0.3) is 0 Å². The van der Waals surface area contributed by atoms with Gasteiger partial charge in [0.05, 0.1) is 9.79 Å². The first-order valence-corrected chi connectivity index (χ1v) is 11.5. The highest BCUT2D eigenvalue weighted by Crippen LogP contribution is 2.32. The second-order valence-corrected chi connectivity index (χ2v) is 10.2. The van der Waals surface area contributed by atoms with E-state index >= 15 is 0 Å². The summed E-state index contributed by atoms with van der Waals surface area (Å²) in [6.45, 7) is 1.28. The van der Waals surface area contributed by atoms with Crippen molar-refractivity contribution in [2.24, 2.45) is 5.92 Å². The minimum Gasteiger partial charge on any atom is -0.263 e. The second kappa shape index (κ2) is 8.66. The lowest BCUT2D eigenvalue weighted by Crippen LogP contribution is -2.48. The minimum absolute atomic E-state index is 0.417. The third-order valence-corrected chi connectivity index (χ3v) is 8.57. The zero-order chi connectivity index (χ0) is 21.8. The summed E-state index contributed by atoms with van der Waals surface area (Å²) in [7, 11) is -9.40. The molecule has 0 saturated carbocycles. The van der Waals surface area contributed by atoms with Gasteiger partial charge in [0.25, 0.3) is 0 Å². The molecular weight excluding hydrogens is 424 g/mol. The standard InChI is InChI=1S/C17H18N2O8S2/c1-2-15(16(18(20)21)28(24,25)13-9-5-3-6-10-13)17(19(22)23)29(26,27)14-11-7-4-8-12-14/h3-12,15-17H,2H2,1H3/t16-,17-/m1/s1. The van der Waals surface area contributed by atoms with Gasteiger partial charge in [0.2, 0.25) is 19.7 Å². The molecular formula is C17H18N2O8S2. The van der Waals surface area contributed by atoms with Crippen LogP contribution >= 0.6 is 0 Å². The smallest absolute Gasteiger partial charge is 0.263 e. The van der Waals surface area contributed by atoms with Crippen LogP contribution in [0, 0.1) is 26.1 Å². The van der Waals surface area contributed by atoms with Gasteiger partial charge in [-0.05, 0) is 30.7 Å². The van der Waals surface area contributed by atoms with Crippen LogP contribution in [0.2, 0.25) is 0 Å². The Bertz CT molecular complexity index is 999. The van der Waals surface area contributed by atoms with Crippen LogP contribution < -0.4 is 0 Å². The highest BCUT2D eigenvalue weighted by Gasteiger charge is 2.56. The molecule has 0 heterocycles. The van der Waals surface area contributed by atoms with E-state index in [1.165, 1.54) is 43.3 Å². The Balaban J connectivity index is 2.67. The lowest BCUT2D eigenvalue weighted by molar-refractivity contribution is -0.545. The van der Waals surface area contributed by atoms with E-state index in [1.807, 2.05) is 0 Å². The molecule has 2 rings (SSSR count). The Morgan fingerprint density at radius 3 is 1.28 bits per heavy atom. The molecule has 2 atom stereocenters. The molecule has 0 saturated heterocycles. The summed E-state index contributed by atoms with van der Waals surface area (Å²) < 4.78 is 51.6. The average Bonchev–Trinajstić information content (AvgIpc) is 2.67. The first-order chi connectivity index (χ1) is 13.5. The molecule has 2 aromatic rings. The number of benzene rings is 2. The molecule has 2 aromatic carbocycles. The Hall–Kier alpha value is -2.86. The van der Waals surface area contributed by atoms with Gasteiger partial charge in [-0.15, -0.1) is 0 Å². The summed E-state index contributed by atoms with van der Waals surface area (Å²) in [4.78, 5) is 20.3. The van der Waals surface area contributed by atoms with Crippen molar-refractivity contribution in [3.05, 3.63) is 80.9 Å². The van der Waals surface area contributed by atoms with Gasteiger partial charge in [0, 0.05) is 9.85 Å². The average molecular weight is 442 g/mol. The van der Waals surface area contributed by atoms with Crippen molar-refractivity contribution < 1.29 is 26.7 Å². The lowest BCUT2D eigenvalue weighted by Gasteiger charge is -2.22. The van der Waals surface area contributed by atoms with E-state index in [0.717, 1.165) is 24.3 Å². The van der Waals surface area contributed by atoms with Crippen molar-refractivity contribution in [1.82, 2.24) is 0 Å². The van der Waals surface area contributed by atoms with Gasteiger partial charge in [-0.2, -0.15) is 0 Å². The van der Waals surface area contributed by atoms with Crippen molar-refractivity contribution in [1.29, 1.82) is 0 Å². The largest absolute Gasteiger partial charge is 0.325 e. The van der Waals surface area contributed by atoms with E-state index < -0.39 is 62.4 Å². The Kier molecular flexibility index (Phi) is 6.69. The molecule has 0 aliphatic heterocycles. The summed E-state index contributed by atoms with van der Waals surface area (Å²) >= 11 is 0. The molecule has 10 nitrogen and oxygen atoms in total. The topological polar surface area (TPSA) is 155 Å². The predicted octanol–water partition coefficient (Wildman–Crippen LogP) is 2.17. The molecule has 0 aromatic heterocycles. The second-order valence-electron chi connectivity index (χ2n) is 6.14. The van der Waals surface area contributed by atoms with Crippen molar-refractivity contribution >= 4 is 19.7 Å². The molecule has 0 bridgehead atoms. The SMILES string of the molecule is CCC([C@H]([N+](=O)[O-])S(=O)(=O)c1ccccc1)[C@H]([N+](=O)[O-])S(=O)(=O)c1ccccc1. The Labute approximate surface area is 167 Å². The summed E-state index contributed by atoms with van der Waals surface area (Å²) in [5.74, 6) is -1.92. The molecule has 0 aliphatic rings. The Morgan fingerprint density at radius 2 is 1.03 bits per heavy atom. The van der Waals surface area contributed by atoms with Gasteiger partial charge < -0.3 is 0 Å². The number of hydrogen-bond donors (Lipinski definition) is 0. The van der Waals surface area contributed by atoms with Gasteiger partial charge in [-0.3, -0.25) is 20.2 Å². The van der Waals surface area contributed by atoms with Gasteiger partial charge in [0.1, 0.15) is 5.92 Å². The summed E-state index contributed by atoms with van der Waals surface area (Å²) in [6, 6.07) is 12.8. The minimum atomic E-state index is -4.70. The van der Waals surface area contributed by atoms with E-state index in [9.17, 15) is 37.1 Å². The van der Waals surface area contributed by atoms with Crippen molar-refractivity contribution in [3.8, 4) is 0 Å². The molecule has 29 heavy (non-hydrogen) atoms. The summed E-state index contributed by atoms with van der Waals surface area (Å²) in [5, 5.41) is 18.4. The zero-order valence-electron chi connectivity index (χ0n) is 15.2. The number of sulfone groups is 2. The summed E-state index contributed by atoms with van der Waals surface area (Å²) in [6.07, 6.45) is -0.421.